The Kier molecular flexibility index (Phi) is 7.37. The van der Waals surface area contributed by atoms with Gasteiger partial charge in [0.2, 0.25) is 17.9 Å². The predicted octanol–water partition coefficient (Wildman–Crippen LogP) is 2.24. The summed E-state index contributed by atoms with van der Waals surface area (Å²) in [4.78, 5) is 24.1. The van der Waals surface area contributed by atoms with Gasteiger partial charge in [-0.15, -0.1) is 4.48 Å². The average Bonchev–Trinajstić information content (AvgIpc) is 2.79. The van der Waals surface area contributed by atoms with E-state index in [0.29, 0.717) is 49.2 Å². The lowest BCUT2D eigenvalue weighted by Crippen LogP contribution is -2.56. The zero-order chi connectivity index (χ0) is 23.3. The molecule has 170 valence electrons. The minimum atomic E-state index is -0.684. The molecule has 1 aliphatic rings. The molecule has 10 nitrogen and oxygen atoms in total. The van der Waals surface area contributed by atoms with Gasteiger partial charge in [-0.05, 0) is 32.6 Å². The highest BCUT2D eigenvalue weighted by atomic mass is 16.7. The maximum absolute atomic E-state index is 13.0. The van der Waals surface area contributed by atoms with Crippen molar-refractivity contribution in [2.45, 2.75) is 19.1 Å². The van der Waals surface area contributed by atoms with Crippen LogP contribution in [0.25, 0.3) is 0 Å². The number of pyridine rings is 2. The quantitative estimate of drug-likeness (QED) is 0.489. The molecule has 0 aliphatic carbocycles. The van der Waals surface area contributed by atoms with E-state index in [0.717, 1.165) is 12.0 Å². The first-order valence-corrected chi connectivity index (χ1v) is 10.3. The third kappa shape index (κ3) is 4.42. The summed E-state index contributed by atoms with van der Waals surface area (Å²) in [5.41, 5.74) is 7.68. The number of amides is 2. The van der Waals surface area contributed by atoms with Crippen LogP contribution < -0.4 is 15.0 Å². The zero-order valence-electron chi connectivity index (χ0n) is 18.9. The van der Waals surface area contributed by atoms with Gasteiger partial charge in [-0.2, -0.15) is 10.2 Å². The van der Waals surface area contributed by atoms with Crippen LogP contribution >= 0.6 is 0 Å². The molecule has 2 N–H and O–H groups in total. The number of carbonyl (C=O) groups excluding carboxylic acids is 1. The van der Waals surface area contributed by atoms with Crippen molar-refractivity contribution < 1.29 is 19.0 Å². The summed E-state index contributed by atoms with van der Waals surface area (Å²) >= 11 is 0. The first-order valence-electron chi connectivity index (χ1n) is 10.3. The van der Waals surface area contributed by atoms with Crippen LogP contribution in [-0.2, 0) is 15.9 Å². The number of rotatable bonds is 8. The van der Waals surface area contributed by atoms with Gasteiger partial charge >= 0.3 is 6.03 Å². The van der Waals surface area contributed by atoms with E-state index in [-0.39, 0.29) is 10.0 Å². The normalized spacial score (nSPS) is 17.8. The molecule has 0 bridgehead atoms. The van der Waals surface area contributed by atoms with Gasteiger partial charge in [-0.25, -0.2) is 9.78 Å². The molecule has 1 aliphatic heterocycles. The van der Waals surface area contributed by atoms with Gasteiger partial charge in [-0.3, -0.25) is 0 Å². The van der Waals surface area contributed by atoms with Crippen LogP contribution in [0, 0.1) is 11.3 Å². The zero-order valence-corrected chi connectivity index (χ0v) is 18.9. The maximum Gasteiger partial charge on any atom is 0.426 e. The van der Waals surface area contributed by atoms with Crippen LogP contribution in [0.15, 0.2) is 24.4 Å². The van der Waals surface area contributed by atoms with Crippen LogP contribution in [-0.4, -0.2) is 68.9 Å². The lowest BCUT2D eigenvalue weighted by Gasteiger charge is -2.35. The molecule has 32 heavy (non-hydrogen) atoms. The number of likely N-dealkylation sites (N-methyl/N-ethyl adjacent to an activating group) is 1. The smallest absolute Gasteiger partial charge is 0.426 e. The number of fused-ring (bicyclic) bond motifs is 1. The number of ether oxygens (including phenoxy) is 3. The van der Waals surface area contributed by atoms with Crippen LogP contribution in [0.4, 0.5) is 16.4 Å². The van der Waals surface area contributed by atoms with E-state index >= 15 is 0 Å². The van der Waals surface area contributed by atoms with Gasteiger partial charge in [0.1, 0.15) is 36.2 Å². The molecule has 0 spiro atoms. The number of quaternary nitrogens is 1. The summed E-state index contributed by atoms with van der Waals surface area (Å²) in [6.07, 6.45) is 2.20. The fourth-order valence-corrected chi connectivity index (χ4v) is 3.83. The van der Waals surface area contributed by atoms with E-state index in [1.54, 1.807) is 6.07 Å². The number of primary amides is 1. The second kappa shape index (κ2) is 10.0. The molecule has 2 amide bonds. The van der Waals surface area contributed by atoms with Gasteiger partial charge in [0, 0.05) is 32.7 Å². The number of methoxy groups -OCH3 is 2. The summed E-state index contributed by atoms with van der Waals surface area (Å²) in [7, 11) is 6.90. The van der Waals surface area contributed by atoms with Crippen LogP contribution in [0.5, 0.6) is 5.75 Å². The number of aryl methyl sites for hydroxylation is 1. The number of urea groups is 1. The van der Waals surface area contributed by atoms with E-state index < -0.39 is 12.3 Å². The highest BCUT2D eigenvalue weighted by Crippen LogP contribution is 2.41. The minimum Gasteiger partial charge on any atom is -0.490 e. The molecular weight excluding hydrogens is 412 g/mol. The van der Waals surface area contributed by atoms with Crippen LogP contribution in [0.2, 0.25) is 0 Å². The SMILES string of the molecule is COC(OC)c1ccc2c(n1)[N+](C(N)=O)(c1cc(OCCN(C)C)c(C#N)cn1)CCC2. The number of carbonyl (C=O) groups is 1. The Morgan fingerprint density at radius 3 is 2.72 bits per heavy atom. The van der Waals surface area contributed by atoms with Gasteiger partial charge in [0.25, 0.3) is 0 Å². The minimum absolute atomic E-state index is 0.285. The van der Waals surface area contributed by atoms with Crippen LogP contribution in [0.1, 0.15) is 29.5 Å². The Bertz CT molecular complexity index is 1020. The van der Waals surface area contributed by atoms with Crippen molar-refractivity contribution in [2.24, 2.45) is 5.73 Å². The predicted molar refractivity (Wildman–Crippen MR) is 118 cm³/mol. The van der Waals surface area contributed by atoms with Crippen molar-refractivity contribution in [3.8, 4) is 11.8 Å². The van der Waals surface area contributed by atoms with Crippen molar-refractivity contribution in [3.05, 3.63) is 41.2 Å². The Morgan fingerprint density at radius 1 is 1.34 bits per heavy atom. The first kappa shape index (κ1) is 23.6. The maximum atomic E-state index is 13.0. The summed E-state index contributed by atoms with van der Waals surface area (Å²) in [5.74, 6) is 1.19. The van der Waals surface area contributed by atoms with E-state index in [1.807, 2.05) is 31.1 Å². The third-order valence-electron chi connectivity index (χ3n) is 5.48. The van der Waals surface area contributed by atoms with E-state index in [1.165, 1.54) is 20.4 Å². The Morgan fingerprint density at radius 2 is 2.09 bits per heavy atom. The molecule has 3 heterocycles. The molecule has 1 unspecified atom stereocenters. The second-order valence-electron chi connectivity index (χ2n) is 7.80. The van der Waals surface area contributed by atoms with Crippen molar-refractivity contribution in [2.75, 3.05) is 48.0 Å². The standard InChI is InChI=1S/C22H28N6O4/c1-27(2)9-11-32-18-12-19(25-14-16(18)13-23)28(22(24)29)10-5-6-15-7-8-17(26-20(15)28)21(30-3)31-4/h7-8,12,14,21H,5-6,9-11H2,1-4H3,(H-,24,29)/p+1. The number of nitrogens with zero attached hydrogens (tertiary/aromatic N) is 5. The van der Waals surface area contributed by atoms with Crippen LogP contribution in [0.3, 0.4) is 0 Å². The highest BCUT2D eigenvalue weighted by molar-refractivity contribution is 5.92. The molecule has 0 aromatic carbocycles. The van der Waals surface area contributed by atoms with Crippen molar-refractivity contribution in [1.82, 2.24) is 19.4 Å². The molecule has 2 aromatic heterocycles. The molecular formula is C22H29N6O4+. The number of aromatic nitrogens is 2. The van der Waals surface area contributed by atoms with E-state index in [4.69, 9.17) is 24.9 Å². The van der Waals surface area contributed by atoms with Crippen molar-refractivity contribution in [1.29, 1.82) is 5.26 Å². The summed E-state index contributed by atoms with van der Waals surface area (Å²) in [5, 5.41) is 9.49. The lowest BCUT2D eigenvalue weighted by atomic mass is 10.0. The molecule has 10 heteroatoms. The summed E-state index contributed by atoms with van der Waals surface area (Å²) in [6.45, 7) is 1.44. The Balaban J connectivity index is 2.14. The molecule has 1 atom stereocenters. The highest BCUT2D eigenvalue weighted by Gasteiger charge is 2.47. The van der Waals surface area contributed by atoms with Crippen molar-refractivity contribution in [3.63, 3.8) is 0 Å². The number of nitrogens with two attached hydrogens (primary N) is 1. The van der Waals surface area contributed by atoms with E-state index in [2.05, 4.69) is 11.1 Å². The monoisotopic (exact) mass is 441 g/mol. The fourth-order valence-electron chi connectivity index (χ4n) is 3.83. The molecule has 0 fully saturated rings. The fraction of sp³-hybridized carbons (Fsp3) is 0.455. The number of nitriles is 1. The Labute approximate surface area is 187 Å². The summed E-state index contributed by atoms with van der Waals surface area (Å²) in [6, 6.07) is 6.83. The number of hydrogen-bond acceptors (Lipinski definition) is 8. The average molecular weight is 442 g/mol. The van der Waals surface area contributed by atoms with Gasteiger partial charge in [-0.1, -0.05) is 0 Å². The van der Waals surface area contributed by atoms with Gasteiger partial charge in [0.05, 0.1) is 12.3 Å². The molecule has 3 rings (SSSR count). The molecule has 0 saturated heterocycles. The van der Waals surface area contributed by atoms with Gasteiger partial charge in [0.15, 0.2) is 0 Å². The molecule has 2 aromatic rings. The molecule has 0 saturated carbocycles. The van der Waals surface area contributed by atoms with Gasteiger partial charge < -0.3 is 24.8 Å². The lowest BCUT2D eigenvalue weighted by molar-refractivity contribution is -0.108. The third-order valence-corrected chi connectivity index (χ3v) is 5.48. The first-order chi connectivity index (χ1) is 15.4. The van der Waals surface area contributed by atoms with Crippen molar-refractivity contribution >= 4 is 17.7 Å². The number of hydrogen-bond donors (Lipinski definition) is 1. The largest absolute Gasteiger partial charge is 0.490 e. The summed E-state index contributed by atoms with van der Waals surface area (Å²) < 4.78 is 16.2. The Hall–Kier alpha value is -3.10. The van der Waals surface area contributed by atoms with E-state index in [9.17, 15) is 10.1 Å². The second-order valence-corrected chi connectivity index (χ2v) is 7.80. The molecule has 0 radical (unpaired) electrons. The topological polar surface area (TPSA) is 124 Å².